The van der Waals surface area contributed by atoms with E-state index >= 15 is 0 Å². The molecule has 23 heavy (non-hydrogen) atoms. The third-order valence-corrected chi connectivity index (χ3v) is 4.31. The number of carbonyl (C=O) groups excluding carboxylic acids is 1. The number of anilines is 1. The number of amides is 1. The summed E-state index contributed by atoms with van der Waals surface area (Å²) in [6.45, 7) is 6.09. The second kappa shape index (κ2) is 5.34. The van der Waals surface area contributed by atoms with E-state index < -0.39 is 5.60 Å². The number of nitrogens with zero attached hydrogens (tertiary/aromatic N) is 2. The monoisotopic (exact) mass is 336 g/mol. The Morgan fingerprint density at radius 2 is 2.04 bits per heavy atom. The number of hydrogen-bond donors (Lipinski definition) is 0. The second-order valence-corrected chi connectivity index (χ2v) is 7.16. The average Bonchev–Trinajstić information content (AvgIpc) is 2.77. The van der Waals surface area contributed by atoms with Crippen LogP contribution in [0.15, 0.2) is 12.3 Å². The van der Waals surface area contributed by atoms with Gasteiger partial charge in [0.05, 0.1) is 18.3 Å². The Kier molecular flexibility index (Phi) is 3.71. The van der Waals surface area contributed by atoms with Gasteiger partial charge in [0, 0.05) is 31.2 Å². The molecule has 124 valence electrons. The molecule has 2 heterocycles. The zero-order chi connectivity index (χ0) is 16.9. The van der Waals surface area contributed by atoms with Crippen LogP contribution in [0.2, 0.25) is 5.02 Å². The minimum absolute atomic E-state index is 0.386. The molecule has 0 bridgehead atoms. The molecule has 6 heteroatoms. The largest absolute Gasteiger partial charge is 0.495 e. The molecule has 0 saturated carbocycles. The van der Waals surface area contributed by atoms with Crippen LogP contribution in [0.4, 0.5) is 10.5 Å². The molecular weight excluding hydrogens is 316 g/mol. The molecule has 5 nitrogen and oxygen atoms in total. The van der Waals surface area contributed by atoms with Gasteiger partial charge in [-0.3, -0.25) is 4.90 Å². The zero-order valence-electron chi connectivity index (χ0n) is 14.1. The van der Waals surface area contributed by atoms with E-state index in [1.54, 1.807) is 12.0 Å². The summed E-state index contributed by atoms with van der Waals surface area (Å²) in [5.74, 6) is 0.553. The highest BCUT2D eigenvalue weighted by molar-refractivity contribution is 6.37. The molecule has 0 N–H and O–H groups in total. The topological polar surface area (TPSA) is 43.7 Å². The SMILES string of the molecule is COc1cc2c3c(cn2C)CCN(C(=O)OC(C)(C)C)c3c1Cl. The lowest BCUT2D eigenvalue weighted by atomic mass is 10.0. The Bertz CT molecular complexity index is 789. The zero-order valence-corrected chi connectivity index (χ0v) is 14.8. The fourth-order valence-corrected chi connectivity index (χ4v) is 3.33. The summed E-state index contributed by atoms with van der Waals surface area (Å²) in [4.78, 5) is 14.2. The molecule has 0 saturated heterocycles. The van der Waals surface area contributed by atoms with Gasteiger partial charge in [0.2, 0.25) is 0 Å². The van der Waals surface area contributed by atoms with E-state index in [4.69, 9.17) is 21.1 Å². The van der Waals surface area contributed by atoms with Gasteiger partial charge in [-0.05, 0) is 32.8 Å². The molecule has 1 aromatic carbocycles. The minimum Gasteiger partial charge on any atom is -0.495 e. The van der Waals surface area contributed by atoms with Gasteiger partial charge >= 0.3 is 6.09 Å². The Morgan fingerprint density at radius 3 is 2.65 bits per heavy atom. The van der Waals surface area contributed by atoms with Crippen molar-refractivity contribution in [2.24, 2.45) is 7.05 Å². The number of aryl methyl sites for hydroxylation is 1. The van der Waals surface area contributed by atoms with Crippen molar-refractivity contribution in [3.63, 3.8) is 0 Å². The molecule has 1 aromatic heterocycles. The van der Waals surface area contributed by atoms with Crippen molar-refractivity contribution in [1.82, 2.24) is 4.57 Å². The molecule has 1 amide bonds. The smallest absolute Gasteiger partial charge is 0.414 e. The Morgan fingerprint density at radius 1 is 1.35 bits per heavy atom. The molecule has 0 aliphatic carbocycles. The van der Waals surface area contributed by atoms with E-state index in [9.17, 15) is 4.79 Å². The summed E-state index contributed by atoms with van der Waals surface area (Å²) in [5.41, 5.74) is 2.29. The van der Waals surface area contributed by atoms with Crippen LogP contribution in [-0.2, 0) is 18.2 Å². The first-order valence-electron chi connectivity index (χ1n) is 7.58. The van der Waals surface area contributed by atoms with E-state index in [0.717, 1.165) is 17.3 Å². The summed E-state index contributed by atoms with van der Waals surface area (Å²) < 4.78 is 13.0. The van der Waals surface area contributed by atoms with Crippen molar-refractivity contribution in [1.29, 1.82) is 0 Å². The van der Waals surface area contributed by atoms with Crippen LogP contribution in [0.3, 0.4) is 0 Å². The number of carbonyl (C=O) groups is 1. The normalized spacial score (nSPS) is 14.3. The number of methoxy groups -OCH3 is 1. The van der Waals surface area contributed by atoms with Crippen LogP contribution in [0.5, 0.6) is 5.75 Å². The molecule has 0 radical (unpaired) electrons. The summed E-state index contributed by atoms with van der Waals surface area (Å²) >= 11 is 6.53. The van der Waals surface area contributed by atoms with Gasteiger partial charge in [-0.2, -0.15) is 0 Å². The molecule has 1 aliphatic heterocycles. The van der Waals surface area contributed by atoms with Crippen LogP contribution in [-0.4, -0.2) is 29.9 Å². The molecule has 0 atom stereocenters. The molecular formula is C17H21ClN2O3. The van der Waals surface area contributed by atoms with Crippen molar-refractivity contribution in [3.8, 4) is 5.75 Å². The van der Waals surface area contributed by atoms with Crippen LogP contribution >= 0.6 is 11.6 Å². The Balaban J connectivity index is 2.20. The lowest BCUT2D eigenvalue weighted by molar-refractivity contribution is 0.0580. The molecule has 2 aromatic rings. The average molecular weight is 337 g/mol. The number of rotatable bonds is 1. The lowest BCUT2D eigenvalue weighted by Gasteiger charge is -2.31. The fourth-order valence-electron chi connectivity index (χ4n) is 3.01. The maximum absolute atomic E-state index is 12.6. The van der Waals surface area contributed by atoms with E-state index in [2.05, 4.69) is 6.20 Å². The van der Waals surface area contributed by atoms with Crippen molar-refractivity contribution in [3.05, 3.63) is 22.8 Å². The van der Waals surface area contributed by atoms with Gasteiger partial charge in [0.1, 0.15) is 16.4 Å². The first-order valence-corrected chi connectivity index (χ1v) is 7.95. The number of halogens is 1. The highest BCUT2D eigenvalue weighted by Gasteiger charge is 2.32. The van der Waals surface area contributed by atoms with E-state index in [1.165, 1.54) is 5.56 Å². The second-order valence-electron chi connectivity index (χ2n) is 6.78. The van der Waals surface area contributed by atoms with Crippen LogP contribution in [0.25, 0.3) is 10.9 Å². The first kappa shape index (κ1) is 16.0. The summed E-state index contributed by atoms with van der Waals surface area (Å²) in [6, 6.07) is 1.91. The van der Waals surface area contributed by atoms with Gasteiger partial charge in [-0.15, -0.1) is 0 Å². The maximum Gasteiger partial charge on any atom is 0.414 e. The van der Waals surface area contributed by atoms with Gasteiger partial charge in [-0.1, -0.05) is 11.6 Å². The van der Waals surface area contributed by atoms with Crippen LogP contribution in [0, 0.1) is 0 Å². The van der Waals surface area contributed by atoms with Crippen molar-refractivity contribution in [2.45, 2.75) is 32.8 Å². The number of benzene rings is 1. The van der Waals surface area contributed by atoms with E-state index in [0.29, 0.717) is 23.0 Å². The maximum atomic E-state index is 12.6. The van der Waals surface area contributed by atoms with E-state index in [1.807, 2.05) is 38.5 Å². The first-order chi connectivity index (χ1) is 10.7. The molecule has 0 fully saturated rings. The highest BCUT2D eigenvalue weighted by Crippen LogP contribution is 2.45. The lowest BCUT2D eigenvalue weighted by Crippen LogP contribution is -2.39. The third kappa shape index (κ3) is 2.63. The van der Waals surface area contributed by atoms with Crippen molar-refractivity contribution in [2.75, 3.05) is 18.6 Å². The molecule has 1 aliphatic rings. The quantitative estimate of drug-likeness (QED) is 0.786. The fraction of sp³-hybridized carbons (Fsp3) is 0.471. The van der Waals surface area contributed by atoms with Crippen LogP contribution in [0.1, 0.15) is 26.3 Å². The minimum atomic E-state index is -0.557. The number of hydrogen-bond acceptors (Lipinski definition) is 3. The summed E-state index contributed by atoms with van der Waals surface area (Å²) in [5, 5.41) is 1.44. The summed E-state index contributed by atoms with van der Waals surface area (Å²) in [7, 11) is 3.55. The Hall–Kier alpha value is -1.88. The molecule has 0 unspecified atom stereocenters. The predicted octanol–water partition coefficient (Wildman–Crippen LogP) is 4.14. The van der Waals surface area contributed by atoms with Crippen molar-refractivity contribution < 1.29 is 14.3 Å². The van der Waals surface area contributed by atoms with E-state index in [-0.39, 0.29) is 6.09 Å². The number of aromatic nitrogens is 1. The molecule has 0 spiro atoms. The van der Waals surface area contributed by atoms with Gasteiger partial charge in [-0.25, -0.2) is 4.79 Å². The third-order valence-electron chi connectivity index (χ3n) is 3.94. The van der Waals surface area contributed by atoms with Gasteiger partial charge < -0.3 is 14.0 Å². The highest BCUT2D eigenvalue weighted by atomic mass is 35.5. The van der Waals surface area contributed by atoms with Gasteiger partial charge in [0.25, 0.3) is 0 Å². The predicted molar refractivity (Wildman–Crippen MR) is 91.8 cm³/mol. The standard InChI is InChI=1S/C17H21ClN2O3/c1-17(2,3)23-16(21)20-7-6-10-9-19(4)11-8-12(22-5)14(18)15(20)13(10)11/h8-9H,6-7H2,1-5H3. The van der Waals surface area contributed by atoms with Crippen LogP contribution < -0.4 is 9.64 Å². The molecule has 3 rings (SSSR count). The summed E-state index contributed by atoms with van der Waals surface area (Å²) in [6.07, 6.45) is 2.46. The Labute approximate surface area is 140 Å². The number of ether oxygens (including phenoxy) is 2. The van der Waals surface area contributed by atoms with Gasteiger partial charge in [0.15, 0.2) is 0 Å². The van der Waals surface area contributed by atoms with Crippen molar-refractivity contribution >= 4 is 34.3 Å².